The van der Waals surface area contributed by atoms with Crippen LogP contribution in [0.5, 0.6) is 0 Å². The molecule has 1 atom stereocenters. The molecule has 1 aromatic carbocycles. The average molecular weight is 357 g/mol. The number of nitrogens with one attached hydrogen (secondary N) is 1. The van der Waals surface area contributed by atoms with E-state index >= 15 is 0 Å². The van der Waals surface area contributed by atoms with E-state index in [1.807, 2.05) is 6.92 Å². The van der Waals surface area contributed by atoms with E-state index in [4.69, 9.17) is 4.74 Å². The maximum atomic E-state index is 5.41. The van der Waals surface area contributed by atoms with Crippen molar-refractivity contribution in [1.82, 2.24) is 10.2 Å². The van der Waals surface area contributed by atoms with Crippen LogP contribution in [0.1, 0.15) is 38.3 Å². The Bertz CT molecular complexity index is 387. The Morgan fingerprint density at radius 1 is 1.24 bits per heavy atom. The zero-order chi connectivity index (χ0) is 15.5. The lowest BCUT2D eigenvalue weighted by molar-refractivity contribution is 0.121. The molecule has 1 aromatic rings. The summed E-state index contributed by atoms with van der Waals surface area (Å²) in [6.07, 6.45) is 2.26. The number of benzene rings is 1. The Morgan fingerprint density at radius 3 is 2.67 bits per heavy atom. The molecule has 0 aromatic heterocycles. The summed E-state index contributed by atoms with van der Waals surface area (Å²) in [5.41, 5.74) is 1.35. The predicted molar refractivity (Wildman–Crippen MR) is 93.8 cm³/mol. The van der Waals surface area contributed by atoms with Gasteiger partial charge in [0.25, 0.3) is 0 Å². The van der Waals surface area contributed by atoms with E-state index in [-0.39, 0.29) is 0 Å². The first kappa shape index (κ1) is 18.6. The fraction of sp³-hybridized carbons (Fsp3) is 0.647. The van der Waals surface area contributed by atoms with Crippen LogP contribution in [0.3, 0.4) is 0 Å². The second kappa shape index (κ2) is 11.2. The topological polar surface area (TPSA) is 24.5 Å². The number of halogens is 1. The average Bonchev–Trinajstić information content (AvgIpc) is 2.49. The molecular formula is C17H29BrN2O. The first-order valence-corrected chi connectivity index (χ1v) is 8.72. The van der Waals surface area contributed by atoms with Crippen LogP contribution in [0.4, 0.5) is 0 Å². The summed E-state index contributed by atoms with van der Waals surface area (Å²) in [5.74, 6) is 0. The Morgan fingerprint density at radius 2 is 2.00 bits per heavy atom. The molecule has 0 fully saturated rings. The van der Waals surface area contributed by atoms with Gasteiger partial charge in [-0.3, -0.25) is 0 Å². The van der Waals surface area contributed by atoms with E-state index in [1.54, 1.807) is 0 Å². The number of rotatable bonds is 11. The van der Waals surface area contributed by atoms with Crippen LogP contribution in [0.15, 0.2) is 28.7 Å². The molecule has 21 heavy (non-hydrogen) atoms. The lowest BCUT2D eigenvalue weighted by Gasteiger charge is -2.24. The SMILES string of the molecule is CCCNC(CCN(C)CCOCC)c1ccccc1Br. The minimum absolute atomic E-state index is 0.398. The normalized spacial score (nSPS) is 12.8. The highest BCUT2D eigenvalue weighted by Gasteiger charge is 2.14. The summed E-state index contributed by atoms with van der Waals surface area (Å²) in [5, 5.41) is 3.66. The minimum atomic E-state index is 0.398. The smallest absolute Gasteiger partial charge is 0.0593 e. The van der Waals surface area contributed by atoms with Gasteiger partial charge in [0.05, 0.1) is 6.61 Å². The van der Waals surface area contributed by atoms with Gasteiger partial charge in [0.1, 0.15) is 0 Å². The van der Waals surface area contributed by atoms with Gasteiger partial charge in [-0.1, -0.05) is 41.1 Å². The number of nitrogens with zero attached hydrogens (tertiary/aromatic N) is 1. The number of likely N-dealkylation sites (N-methyl/N-ethyl adjacent to an activating group) is 1. The summed E-state index contributed by atoms with van der Waals surface area (Å²) in [6.45, 7) is 8.96. The van der Waals surface area contributed by atoms with Gasteiger partial charge in [0.2, 0.25) is 0 Å². The van der Waals surface area contributed by atoms with Crippen molar-refractivity contribution in [2.45, 2.75) is 32.7 Å². The van der Waals surface area contributed by atoms with Crippen molar-refractivity contribution in [2.75, 3.05) is 39.9 Å². The summed E-state index contributed by atoms with van der Waals surface area (Å²) >= 11 is 3.67. The van der Waals surface area contributed by atoms with Crippen molar-refractivity contribution in [2.24, 2.45) is 0 Å². The Kier molecular flexibility index (Phi) is 9.92. The third-order valence-electron chi connectivity index (χ3n) is 3.54. The zero-order valence-electron chi connectivity index (χ0n) is 13.6. The van der Waals surface area contributed by atoms with Gasteiger partial charge >= 0.3 is 0 Å². The van der Waals surface area contributed by atoms with E-state index in [0.717, 1.165) is 45.7 Å². The summed E-state index contributed by atoms with van der Waals surface area (Å²) in [7, 11) is 2.16. The fourth-order valence-corrected chi connectivity index (χ4v) is 2.83. The molecule has 0 saturated carbocycles. The van der Waals surface area contributed by atoms with Crippen LogP contribution in [0, 0.1) is 0 Å². The highest BCUT2D eigenvalue weighted by atomic mass is 79.9. The van der Waals surface area contributed by atoms with E-state index in [1.165, 1.54) is 10.0 Å². The van der Waals surface area contributed by atoms with Gasteiger partial charge < -0.3 is 15.0 Å². The molecular weight excluding hydrogens is 328 g/mol. The molecule has 120 valence electrons. The lowest BCUT2D eigenvalue weighted by Crippen LogP contribution is -2.30. The van der Waals surface area contributed by atoms with Gasteiger partial charge in [0.15, 0.2) is 0 Å². The summed E-state index contributed by atoms with van der Waals surface area (Å²) < 4.78 is 6.61. The molecule has 3 nitrogen and oxygen atoms in total. The Labute approximate surface area is 138 Å². The summed E-state index contributed by atoms with van der Waals surface area (Å²) in [4.78, 5) is 2.34. The molecule has 0 amide bonds. The van der Waals surface area contributed by atoms with Crippen molar-refractivity contribution in [3.63, 3.8) is 0 Å². The number of hydrogen-bond acceptors (Lipinski definition) is 3. The summed E-state index contributed by atoms with van der Waals surface area (Å²) in [6, 6.07) is 8.90. The second-order valence-electron chi connectivity index (χ2n) is 5.32. The third-order valence-corrected chi connectivity index (χ3v) is 4.26. The molecule has 0 saturated heterocycles. The van der Waals surface area contributed by atoms with E-state index in [9.17, 15) is 0 Å². The zero-order valence-corrected chi connectivity index (χ0v) is 15.2. The predicted octanol–water partition coefficient (Wildman–Crippen LogP) is 3.85. The maximum Gasteiger partial charge on any atom is 0.0593 e. The van der Waals surface area contributed by atoms with Crippen LogP contribution in [0.25, 0.3) is 0 Å². The van der Waals surface area contributed by atoms with Gasteiger partial charge in [0, 0.05) is 23.7 Å². The van der Waals surface area contributed by atoms with Crippen molar-refractivity contribution in [1.29, 1.82) is 0 Å². The molecule has 0 aliphatic rings. The maximum absolute atomic E-state index is 5.41. The van der Waals surface area contributed by atoms with Gasteiger partial charge in [-0.05, 0) is 51.5 Å². The number of hydrogen-bond donors (Lipinski definition) is 1. The first-order valence-electron chi connectivity index (χ1n) is 7.93. The van der Waals surface area contributed by atoms with E-state index in [2.05, 4.69) is 64.4 Å². The molecule has 0 aliphatic heterocycles. The second-order valence-corrected chi connectivity index (χ2v) is 6.17. The van der Waals surface area contributed by atoms with Crippen molar-refractivity contribution >= 4 is 15.9 Å². The van der Waals surface area contributed by atoms with Crippen molar-refractivity contribution in [3.05, 3.63) is 34.3 Å². The lowest BCUT2D eigenvalue weighted by atomic mass is 10.0. The molecule has 1 N–H and O–H groups in total. The third kappa shape index (κ3) is 7.41. The van der Waals surface area contributed by atoms with Crippen LogP contribution in [-0.4, -0.2) is 44.8 Å². The van der Waals surface area contributed by atoms with Crippen LogP contribution < -0.4 is 5.32 Å². The first-order chi connectivity index (χ1) is 10.2. The van der Waals surface area contributed by atoms with Gasteiger partial charge in [-0.15, -0.1) is 0 Å². The molecule has 1 rings (SSSR count). The molecule has 0 aliphatic carbocycles. The van der Waals surface area contributed by atoms with Crippen molar-refractivity contribution in [3.8, 4) is 0 Å². The van der Waals surface area contributed by atoms with Gasteiger partial charge in [-0.2, -0.15) is 0 Å². The Hall–Kier alpha value is -0.420. The molecule has 0 heterocycles. The molecule has 4 heteroatoms. The van der Waals surface area contributed by atoms with Crippen LogP contribution >= 0.6 is 15.9 Å². The highest BCUT2D eigenvalue weighted by molar-refractivity contribution is 9.10. The molecule has 0 radical (unpaired) electrons. The van der Waals surface area contributed by atoms with Gasteiger partial charge in [-0.25, -0.2) is 0 Å². The molecule has 1 unspecified atom stereocenters. The standard InChI is InChI=1S/C17H29BrN2O/c1-4-11-19-17(15-8-6-7-9-16(15)18)10-12-20(3)13-14-21-5-2/h6-9,17,19H,4-5,10-14H2,1-3H3. The highest BCUT2D eigenvalue weighted by Crippen LogP contribution is 2.25. The quantitative estimate of drug-likeness (QED) is 0.609. The number of ether oxygens (including phenoxy) is 1. The monoisotopic (exact) mass is 356 g/mol. The fourth-order valence-electron chi connectivity index (χ4n) is 2.27. The molecule has 0 spiro atoms. The van der Waals surface area contributed by atoms with Crippen molar-refractivity contribution < 1.29 is 4.74 Å². The molecule has 0 bridgehead atoms. The van der Waals surface area contributed by atoms with E-state index in [0.29, 0.717) is 6.04 Å². The largest absolute Gasteiger partial charge is 0.380 e. The minimum Gasteiger partial charge on any atom is -0.380 e. The van der Waals surface area contributed by atoms with E-state index < -0.39 is 0 Å². The van der Waals surface area contributed by atoms with Crippen LogP contribution in [0.2, 0.25) is 0 Å². The Balaban J connectivity index is 2.52. The van der Waals surface area contributed by atoms with Crippen LogP contribution in [-0.2, 0) is 4.74 Å².